The van der Waals surface area contributed by atoms with Gasteiger partial charge in [0, 0.05) is 18.0 Å². The van der Waals surface area contributed by atoms with Crippen molar-refractivity contribution in [2.45, 2.75) is 19.9 Å². The van der Waals surface area contributed by atoms with Crippen molar-refractivity contribution in [3.05, 3.63) is 21.9 Å². The molecule has 0 aliphatic rings. The number of hydrogen-bond donors (Lipinski definition) is 3. The molecule has 18 heavy (non-hydrogen) atoms. The minimum Gasteiger partial charge on any atom is -0.320 e. The van der Waals surface area contributed by atoms with E-state index in [0.29, 0.717) is 13.1 Å². The van der Waals surface area contributed by atoms with E-state index < -0.39 is 10.2 Å². The maximum atomic E-state index is 11.5. The van der Waals surface area contributed by atoms with Crippen LogP contribution >= 0.6 is 11.3 Å². The molecule has 0 spiro atoms. The lowest BCUT2D eigenvalue weighted by atomic mass is 10.4. The Kier molecular flexibility index (Phi) is 6.32. The lowest BCUT2D eigenvalue weighted by Gasteiger charge is -2.05. The van der Waals surface area contributed by atoms with Crippen LogP contribution in [0.15, 0.2) is 12.1 Å². The van der Waals surface area contributed by atoms with E-state index in [1.807, 2.05) is 19.1 Å². The van der Waals surface area contributed by atoms with E-state index in [4.69, 9.17) is 5.73 Å². The molecule has 1 rings (SSSR count). The summed E-state index contributed by atoms with van der Waals surface area (Å²) in [6, 6.07) is 3.71. The van der Waals surface area contributed by atoms with Gasteiger partial charge in [-0.3, -0.25) is 0 Å². The topological polar surface area (TPSA) is 84.2 Å². The van der Waals surface area contributed by atoms with Crippen molar-refractivity contribution >= 4 is 21.5 Å². The Hall–Kier alpha value is -0.910. The van der Waals surface area contributed by atoms with Crippen LogP contribution < -0.4 is 15.2 Å². The summed E-state index contributed by atoms with van der Waals surface area (Å²) in [5.74, 6) is 5.66. The molecule has 4 N–H and O–H groups in total. The minimum atomic E-state index is -3.40. The smallest absolute Gasteiger partial charge is 0.277 e. The number of thiophene rings is 1. The quantitative estimate of drug-likeness (QED) is 0.662. The predicted octanol–water partition coefficient (Wildman–Crippen LogP) is 0.392. The predicted molar refractivity (Wildman–Crippen MR) is 74.3 cm³/mol. The molecular formula is C11H17N3O2S2. The number of nitrogens with two attached hydrogens (primary N) is 1. The summed E-state index contributed by atoms with van der Waals surface area (Å²) in [7, 11) is -3.40. The molecule has 5 nitrogen and oxygen atoms in total. The number of rotatable bonds is 6. The average molecular weight is 287 g/mol. The monoisotopic (exact) mass is 287 g/mol. The molecule has 0 unspecified atom stereocenters. The van der Waals surface area contributed by atoms with E-state index >= 15 is 0 Å². The van der Waals surface area contributed by atoms with Crippen molar-refractivity contribution < 1.29 is 8.42 Å². The van der Waals surface area contributed by atoms with Crippen LogP contribution in [-0.2, 0) is 16.8 Å². The first-order valence-electron chi connectivity index (χ1n) is 5.59. The zero-order valence-corrected chi connectivity index (χ0v) is 11.8. The largest absolute Gasteiger partial charge is 0.320 e. The fraction of sp³-hybridized carbons (Fsp3) is 0.455. The van der Waals surface area contributed by atoms with E-state index in [0.717, 1.165) is 16.2 Å². The fourth-order valence-electron chi connectivity index (χ4n) is 1.13. The summed E-state index contributed by atoms with van der Waals surface area (Å²) in [6.45, 7) is 2.94. The Morgan fingerprint density at radius 2 is 2.17 bits per heavy atom. The third-order valence-corrected chi connectivity index (χ3v) is 4.06. The number of nitrogens with one attached hydrogen (secondary N) is 2. The van der Waals surface area contributed by atoms with Crippen molar-refractivity contribution in [1.82, 2.24) is 9.44 Å². The number of hydrogen-bond acceptors (Lipinski definition) is 4. The Morgan fingerprint density at radius 3 is 2.83 bits per heavy atom. The van der Waals surface area contributed by atoms with Crippen LogP contribution in [0.1, 0.15) is 23.1 Å². The lowest BCUT2D eigenvalue weighted by molar-refractivity contribution is 0.566. The Bertz CT molecular complexity index is 526. The van der Waals surface area contributed by atoms with Crippen LogP contribution in [-0.4, -0.2) is 21.5 Å². The maximum absolute atomic E-state index is 11.5. The molecule has 0 bridgehead atoms. The molecule has 0 amide bonds. The molecule has 0 saturated carbocycles. The lowest BCUT2D eigenvalue weighted by Crippen LogP contribution is -2.36. The van der Waals surface area contributed by atoms with Crippen molar-refractivity contribution in [3.63, 3.8) is 0 Å². The first kappa shape index (κ1) is 15.1. The SMILES string of the molecule is CCCNS(=O)(=O)NCc1ccc(C#CCN)s1. The minimum absolute atomic E-state index is 0.272. The molecule has 100 valence electrons. The molecule has 0 atom stereocenters. The summed E-state index contributed by atoms with van der Waals surface area (Å²) in [6.07, 6.45) is 0.763. The van der Waals surface area contributed by atoms with Gasteiger partial charge in [-0.15, -0.1) is 11.3 Å². The first-order chi connectivity index (χ1) is 8.57. The first-order valence-corrected chi connectivity index (χ1v) is 7.89. The van der Waals surface area contributed by atoms with Crippen LogP contribution in [0.25, 0.3) is 0 Å². The average Bonchev–Trinajstić information content (AvgIpc) is 2.80. The zero-order chi connectivity index (χ0) is 13.4. The van der Waals surface area contributed by atoms with Crippen LogP contribution in [0.4, 0.5) is 0 Å². The maximum Gasteiger partial charge on any atom is 0.277 e. The van der Waals surface area contributed by atoms with E-state index in [-0.39, 0.29) is 6.54 Å². The second-order valence-electron chi connectivity index (χ2n) is 3.49. The highest BCUT2D eigenvalue weighted by Crippen LogP contribution is 2.15. The third-order valence-electron chi connectivity index (χ3n) is 1.95. The van der Waals surface area contributed by atoms with Gasteiger partial charge in [-0.25, -0.2) is 4.72 Å². The molecule has 7 heteroatoms. The van der Waals surface area contributed by atoms with Gasteiger partial charge in [0.15, 0.2) is 0 Å². The highest BCUT2D eigenvalue weighted by Gasteiger charge is 2.08. The molecule has 0 aromatic carbocycles. The molecule has 0 fully saturated rings. The van der Waals surface area contributed by atoms with Crippen molar-refractivity contribution in [2.24, 2.45) is 5.73 Å². The van der Waals surface area contributed by atoms with E-state index in [1.54, 1.807) is 0 Å². The standard InChI is InChI=1S/C11H17N3O2S2/c1-2-8-13-18(15,16)14-9-11-6-5-10(17-11)4-3-7-12/h5-6,13-14H,2,7-9,12H2,1H3. The summed E-state index contributed by atoms with van der Waals surface area (Å²) in [5.41, 5.74) is 5.28. The zero-order valence-electron chi connectivity index (χ0n) is 10.2. The third kappa shape index (κ3) is 5.62. The summed E-state index contributed by atoms with van der Waals surface area (Å²) in [4.78, 5) is 1.80. The van der Waals surface area contributed by atoms with Gasteiger partial charge in [0.05, 0.1) is 11.4 Å². The van der Waals surface area contributed by atoms with Crippen LogP contribution in [0, 0.1) is 11.8 Å². The highest BCUT2D eigenvalue weighted by atomic mass is 32.2. The van der Waals surface area contributed by atoms with Crippen molar-refractivity contribution in [1.29, 1.82) is 0 Å². The van der Waals surface area contributed by atoms with Gasteiger partial charge < -0.3 is 5.73 Å². The van der Waals surface area contributed by atoms with E-state index in [1.165, 1.54) is 11.3 Å². The van der Waals surface area contributed by atoms with Crippen LogP contribution in [0.3, 0.4) is 0 Å². The molecular weight excluding hydrogens is 270 g/mol. The van der Waals surface area contributed by atoms with Gasteiger partial charge in [-0.05, 0) is 18.6 Å². The van der Waals surface area contributed by atoms with Gasteiger partial charge in [0.2, 0.25) is 0 Å². The fourth-order valence-corrected chi connectivity index (χ4v) is 2.97. The van der Waals surface area contributed by atoms with Crippen LogP contribution in [0.5, 0.6) is 0 Å². The Morgan fingerprint density at radius 1 is 1.39 bits per heavy atom. The van der Waals surface area contributed by atoms with Gasteiger partial charge >= 0.3 is 0 Å². The van der Waals surface area contributed by atoms with Crippen molar-refractivity contribution in [2.75, 3.05) is 13.1 Å². The second-order valence-corrected chi connectivity index (χ2v) is 6.24. The summed E-state index contributed by atoms with van der Waals surface area (Å²) >= 11 is 1.45. The summed E-state index contributed by atoms with van der Waals surface area (Å²) in [5, 5.41) is 0. The van der Waals surface area contributed by atoms with Gasteiger partial charge in [0.25, 0.3) is 10.2 Å². The summed E-state index contributed by atoms with van der Waals surface area (Å²) < 4.78 is 27.9. The van der Waals surface area contributed by atoms with Crippen LogP contribution in [0.2, 0.25) is 0 Å². The van der Waals surface area contributed by atoms with Gasteiger partial charge in [0.1, 0.15) is 0 Å². The Labute approximate surface area is 112 Å². The van der Waals surface area contributed by atoms with Gasteiger partial charge in [-0.2, -0.15) is 13.1 Å². The van der Waals surface area contributed by atoms with E-state index in [2.05, 4.69) is 21.3 Å². The molecule has 0 aliphatic carbocycles. The molecule has 1 aromatic heterocycles. The highest BCUT2D eigenvalue weighted by molar-refractivity contribution is 7.87. The normalized spacial score (nSPS) is 11.0. The second kappa shape index (κ2) is 7.51. The molecule has 0 radical (unpaired) electrons. The van der Waals surface area contributed by atoms with Gasteiger partial charge in [-0.1, -0.05) is 18.8 Å². The van der Waals surface area contributed by atoms with Crippen molar-refractivity contribution in [3.8, 4) is 11.8 Å². The molecule has 0 aliphatic heterocycles. The molecule has 1 aromatic rings. The molecule has 0 saturated heterocycles. The van der Waals surface area contributed by atoms with E-state index in [9.17, 15) is 8.42 Å². The molecule has 1 heterocycles. The Balaban J connectivity index is 2.51.